The summed E-state index contributed by atoms with van der Waals surface area (Å²) in [7, 11) is 0. The minimum absolute atomic E-state index is 0.0318. The van der Waals surface area contributed by atoms with Crippen molar-refractivity contribution in [2.45, 2.75) is 19.0 Å². The van der Waals surface area contributed by atoms with E-state index in [1.54, 1.807) is 29.2 Å². The molecule has 0 spiro atoms. The molecule has 36 heavy (non-hydrogen) atoms. The SMILES string of the molecule is O=C(CN1CCN(C(=O)[C@H](Cc2ccccc2)NC(=O)c2ccccc2)CC1)NCc1ccccc1. The van der Waals surface area contributed by atoms with Gasteiger partial charge < -0.3 is 15.5 Å². The minimum Gasteiger partial charge on any atom is -0.351 e. The van der Waals surface area contributed by atoms with E-state index in [1.807, 2.05) is 66.7 Å². The van der Waals surface area contributed by atoms with Crippen LogP contribution in [0.15, 0.2) is 91.0 Å². The Labute approximate surface area is 212 Å². The molecule has 0 radical (unpaired) electrons. The maximum absolute atomic E-state index is 13.5. The van der Waals surface area contributed by atoms with E-state index in [0.717, 1.165) is 11.1 Å². The first-order valence-corrected chi connectivity index (χ1v) is 12.3. The summed E-state index contributed by atoms with van der Waals surface area (Å²) in [5.41, 5.74) is 2.57. The predicted octanol–water partition coefficient (Wildman–Crippen LogP) is 2.49. The quantitative estimate of drug-likeness (QED) is 0.489. The zero-order valence-corrected chi connectivity index (χ0v) is 20.3. The summed E-state index contributed by atoms with van der Waals surface area (Å²) in [5, 5.41) is 5.90. The monoisotopic (exact) mass is 484 g/mol. The molecule has 0 aliphatic carbocycles. The summed E-state index contributed by atoms with van der Waals surface area (Å²) in [5.74, 6) is -0.398. The van der Waals surface area contributed by atoms with Crippen molar-refractivity contribution in [1.29, 1.82) is 0 Å². The third-order valence-electron chi connectivity index (χ3n) is 6.31. The molecule has 1 saturated heterocycles. The summed E-state index contributed by atoms with van der Waals surface area (Å²) in [4.78, 5) is 42.5. The fourth-order valence-corrected chi connectivity index (χ4v) is 4.28. The Morgan fingerprint density at radius 2 is 1.28 bits per heavy atom. The molecular formula is C29H32N4O3. The largest absolute Gasteiger partial charge is 0.351 e. The molecule has 1 atom stereocenters. The number of hydrogen-bond acceptors (Lipinski definition) is 4. The van der Waals surface area contributed by atoms with Crippen LogP contribution in [-0.2, 0) is 22.6 Å². The maximum atomic E-state index is 13.5. The van der Waals surface area contributed by atoms with E-state index in [4.69, 9.17) is 0 Å². The van der Waals surface area contributed by atoms with Gasteiger partial charge >= 0.3 is 0 Å². The highest BCUT2D eigenvalue weighted by Crippen LogP contribution is 2.11. The Morgan fingerprint density at radius 3 is 1.89 bits per heavy atom. The third kappa shape index (κ3) is 7.26. The standard InChI is InChI=1S/C29H32N4O3/c34-27(30-21-24-12-6-2-7-13-24)22-32-16-18-33(19-17-32)29(36)26(20-23-10-4-1-5-11-23)31-28(35)25-14-8-3-9-15-25/h1-15,26H,16-22H2,(H,30,34)(H,31,35)/t26-/m0/s1. The molecule has 0 aromatic heterocycles. The fraction of sp³-hybridized carbons (Fsp3) is 0.276. The van der Waals surface area contributed by atoms with Crippen molar-refractivity contribution in [1.82, 2.24) is 20.4 Å². The number of nitrogens with one attached hydrogen (secondary N) is 2. The van der Waals surface area contributed by atoms with Gasteiger partial charge in [0.1, 0.15) is 6.04 Å². The van der Waals surface area contributed by atoms with Gasteiger partial charge in [-0.2, -0.15) is 0 Å². The number of amides is 3. The third-order valence-corrected chi connectivity index (χ3v) is 6.31. The smallest absolute Gasteiger partial charge is 0.251 e. The van der Waals surface area contributed by atoms with Gasteiger partial charge in [-0.05, 0) is 23.3 Å². The molecule has 2 N–H and O–H groups in total. The second-order valence-electron chi connectivity index (χ2n) is 8.95. The highest BCUT2D eigenvalue weighted by molar-refractivity contribution is 5.97. The lowest BCUT2D eigenvalue weighted by atomic mass is 10.0. The average molecular weight is 485 g/mol. The molecule has 3 amide bonds. The van der Waals surface area contributed by atoms with Crippen LogP contribution in [0.4, 0.5) is 0 Å². The van der Waals surface area contributed by atoms with Crippen molar-refractivity contribution in [3.05, 3.63) is 108 Å². The minimum atomic E-state index is -0.666. The Balaban J connectivity index is 1.31. The van der Waals surface area contributed by atoms with Crippen LogP contribution in [-0.4, -0.2) is 66.3 Å². The van der Waals surface area contributed by atoms with Gasteiger partial charge in [0.25, 0.3) is 5.91 Å². The summed E-state index contributed by atoms with van der Waals surface area (Å²) >= 11 is 0. The first-order valence-electron chi connectivity index (χ1n) is 12.3. The molecule has 0 unspecified atom stereocenters. The Kier molecular flexibility index (Phi) is 8.83. The molecule has 1 heterocycles. The van der Waals surface area contributed by atoms with Crippen molar-refractivity contribution in [3.8, 4) is 0 Å². The van der Waals surface area contributed by atoms with Crippen LogP contribution in [0.2, 0.25) is 0 Å². The lowest BCUT2D eigenvalue weighted by molar-refractivity contribution is -0.135. The van der Waals surface area contributed by atoms with Crippen molar-refractivity contribution >= 4 is 17.7 Å². The first-order chi connectivity index (χ1) is 17.6. The molecule has 3 aromatic rings. The second kappa shape index (κ2) is 12.7. The number of carbonyl (C=O) groups excluding carboxylic acids is 3. The predicted molar refractivity (Wildman–Crippen MR) is 139 cm³/mol. The molecule has 7 heteroatoms. The molecule has 4 rings (SSSR count). The van der Waals surface area contributed by atoms with Gasteiger partial charge in [-0.15, -0.1) is 0 Å². The van der Waals surface area contributed by atoms with Crippen molar-refractivity contribution in [2.75, 3.05) is 32.7 Å². The number of benzene rings is 3. The van der Waals surface area contributed by atoms with Crippen LogP contribution in [0, 0.1) is 0 Å². The molecule has 186 valence electrons. The first kappa shape index (κ1) is 25.1. The molecule has 0 saturated carbocycles. The molecule has 1 aliphatic heterocycles. The van der Waals surface area contributed by atoms with E-state index < -0.39 is 6.04 Å². The summed E-state index contributed by atoms with van der Waals surface area (Å²) in [6.45, 7) is 3.03. The van der Waals surface area contributed by atoms with Crippen LogP contribution in [0.25, 0.3) is 0 Å². The zero-order chi connectivity index (χ0) is 25.2. The van der Waals surface area contributed by atoms with Gasteiger partial charge in [-0.25, -0.2) is 0 Å². The lowest BCUT2D eigenvalue weighted by Gasteiger charge is -2.36. The molecule has 1 fully saturated rings. The van der Waals surface area contributed by atoms with Gasteiger partial charge in [-0.3, -0.25) is 19.3 Å². The van der Waals surface area contributed by atoms with Crippen LogP contribution in [0.3, 0.4) is 0 Å². The van der Waals surface area contributed by atoms with Crippen molar-refractivity contribution in [2.24, 2.45) is 0 Å². The van der Waals surface area contributed by atoms with Crippen LogP contribution >= 0.6 is 0 Å². The van der Waals surface area contributed by atoms with Gasteiger partial charge in [0.15, 0.2) is 0 Å². The van der Waals surface area contributed by atoms with Gasteiger partial charge in [0, 0.05) is 44.7 Å². The average Bonchev–Trinajstić information content (AvgIpc) is 2.93. The molecule has 1 aliphatic rings. The molecular weight excluding hydrogens is 452 g/mol. The number of nitrogens with zero attached hydrogens (tertiary/aromatic N) is 2. The molecule has 0 bridgehead atoms. The van der Waals surface area contributed by atoms with E-state index in [2.05, 4.69) is 15.5 Å². The summed E-state index contributed by atoms with van der Waals surface area (Å²) in [6, 6.07) is 27.8. The number of hydrogen-bond donors (Lipinski definition) is 2. The van der Waals surface area contributed by atoms with Crippen molar-refractivity contribution in [3.63, 3.8) is 0 Å². The Morgan fingerprint density at radius 1 is 0.722 bits per heavy atom. The van der Waals surface area contributed by atoms with E-state index in [-0.39, 0.29) is 17.7 Å². The highest BCUT2D eigenvalue weighted by atomic mass is 16.2. The Bertz CT molecular complexity index is 1130. The van der Waals surface area contributed by atoms with E-state index in [1.165, 1.54) is 0 Å². The topological polar surface area (TPSA) is 81.8 Å². The number of piperazine rings is 1. The molecule has 7 nitrogen and oxygen atoms in total. The second-order valence-corrected chi connectivity index (χ2v) is 8.95. The number of carbonyl (C=O) groups is 3. The van der Waals surface area contributed by atoms with E-state index >= 15 is 0 Å². The van der Waals surface area contributed by atoms with Crippen LogP contribution < -0.4 is 10.6 Å². The van der Waals surface area contributed by atoms with E-state index in [0.29, 0.717) is 51.3 Å². The molecule has 3 aromatic carbocycles. The van der Waals surface area contributed by atoms with Gasteiger partial charge in [0.05, 0.1) is 6.54 Å². The van der Waals surface area contributed by atoms with Crippen LogP contribution in [0.1, 0.15) is 21.5 Å². The summed E-state index contributed by atoms with van der Waals surface area (Å²) in [6.07, 6.45) is 0.417. The zero-order valence-electron chi connectivity index (χ0n) is 20.3. The van der Waals surface area contributed by atoms with Gasteiger partial charge in [0.2, 0.25) is 11.8 Å². The maximum Gasteiger partial charge on any atom is 0.251 e. The lowest BCUT2D eigenvalue weighted by Crippen LogP contribution is -2.56. The fourth-order valence-electron chi connectivity index (χ4n) is 4.28. The van der Waals surface area contributed by atoms with Crippen molar-refractivity contribution < 1.29 is 14.4 Å². The van der Waals surface area contributed by atoms with E-state index in [9.17, 15) is 14.4 Å². The number of rotatable bonds is 9. The normalized spacial score (nSPS) is 14.6. The van der Waals surface area contributed by atoms with Gasteiger partial charge in [-0.1, -0.05) is 78.9 Å². The Hall–Kier alpha value is -3.97. The van der Waals surface area contributed by atoms with Crippen LogP contribution in [0.5, 0.6) is 0 Å². The summed E-state index contributed by atoms with van der Waals surface area (Å²) < 4.78 is 0. The highest BCUT2D eigenvalue weighted by Gasteiger charge is 2.29.